The molecule has 94 valence electrons. The van der Waals surface area contributed by atoms with Gasteiger partial charge in [0.15, 0.2) is 0 Å². The number of likely N-dealkylation sites (N-methyl/N-ethyl adjacent to an activating group) is 1. The summed E-state index contributed by atoms with van der Waals surface area (Å²) in [6, 6.07) is 0. The van der Waals surface area contributed by atoms with Crippen LogP contribution in [0.2, 0.25) is 0 Å². The monoisotopic (exact) mass is 227 g/mol. The van der Waals surface area contributed by atoms with Gasteiger partial charge in [-0.25, -0.2) is 0 Å². The summed E-state index contributed by atoms with van der Waals surface area (Å²) >= 11 is 0. The summed E-state index contributed by atoms with van der Waals surface area (Å²) in [4.78, 5) is 13.7. The number of rotatable bonds is 8. The minimum atomic E-state index is -0.497. The minimum absolute atomic E-state index is 0.152. The number of hydrogen-bond donors (Lipinski definition) is 0. The summed E-state index contributed by atoms with van der Waals surface area (Å²) in [7, 11) is 5.28. The van der Waals surface area contributed by atoms with Crippen LogP contribution >= 0.6 is 0 Å². The summed E-state index contributed by atoms with van der Waals surface area (Å²) < 4.78 is 4.86. The van der Waals surface area contributed by atoms with E-state index in [1.54, 1.807) is 0 Å². The van der Waals surface area contributed by atoms with Crippen molar-refractivity contribution in [2.75, 3.05) is 21.2 Å². The van der Waals surface area contributed by atoms with E-state index in [0.717, 1.165) is 32.1 Å². The second-order valence-electron chi connectivity index (χ2n) is 4.55. The third kappa shape index (κ3) is 4.35. The van der Waals surface area contributed by atoms with Gasteiger partial charge < -0.3 is 4.74 Å². The Morgan fingerprint density at radius 1 is 1.38 bits per heavy atom. The van der Waals surface area contributed by atoms with Crippen LogP contribution in [0.3, 0.4) is 0 Å². The van der Waals surface area contributed by atoms with E-state index in [1.165, 1.54) is 7.11 Å². The molecule has 0 aromatic heterocycles. The SMILES string of the molecule is C=CCCCCCC(C)(C(=O)OC)N(C)C. The highest BCUT2D eigenvalue weighted by Gasteiger charge is 2.35. The molecular weight excluding hydrogens is 202 g/mol. The van der Waals surface area contributed by atoms with Gasteiger partial charge in [0.1, 0.15) is 5.54 Å². The molecule has 0 heterocycles. The summed E-state index contributed by atoms with van der Waals surface area (Å²) in [5, 5.41) is 0. The maximum absolute atomic E-state index is 11.7. The van der Waals surface area contributed by atoms with Crippen LogP contribution in [0.25, 0.3) is 0 Å². The van der Waals surface area contributed by atoms with E-state index in [0.29, 0.717) is 0 Å². The van der Waals surface area contributed by atoms with Gasteiger partial charge in [-0.1, -0.05) is 18.9 Å². The molecule has 3 nitrogen and oxygen atoms in total. The summed E-state index contributed by atoms with van der Waals surface area (Å²) in [6.07, 6.45) is 7.14. The largest absolute Gasteiger partial charge is 0.468 e. The lowest BCUT2D eigenvalue weighted by Crippen LogP contribution is -2.49. The first-order valence-electron chi connectivity index (χ1n) is 5.85. The lowest BCUT2D eigenvalue weighted by molar-refractivity contribution is -0.153. The van der Waals surface area contributed by atoms with E-state index in [2.05, 4.69) is 6.58 Å². The van der Waals surface area contributed by atoms with Crippen molar-refractivity contribution in [3.05, 3.63) is 12.7 Å². The lowest BCUT2D eigenvalue weighted by Gasteiger charge is -2.33. The number of carbonyl (C=O) groups is 1. The highest BCUT2D eigenvalue weighted by atomic mass is 16.5. The number of carbonyl (C=O) groups excluding carboxylic acids is 1. The molecule has 0 rings (SSSR count). The minimum Gasteiger partial charge on any atom is -0.468 e. The van der Waals surface area contributed by atoms with Crippen LogP contribution in [0.15, 0.2) is 12.7 Å². The molecule has 0 amide bonds. The van der Waals surface area contributed by atoms with Crippen molar-refractivity contribution in [1.82, 2.24) is 4.90 Å². The van der Waals surface area contributed by atoms with E-state index >= 15 is 0 Å². The van der Waals surface area contributed by atoms with E-state index in [4.69, 9.17) is 4.74 Å². The van der Waals surface area contributed by atoms with Crippen LogP contribution in [-0.2, 0) is 9.53 Å². The fourth-order valence-corrected chi connectivity index (χ4v) is 1.66. The van der Waals surface area contributed by atoms with Gasteiger partial charge in [0, 0.05) is 0 Å². The molecule has 0 saturated heterocycles. The third-order valence-electron chi connectivity index (χ3n) is 3.18. The number of esters is 1. The maximum atomic E-state index is 11.7. The molecule has 0 fully saturated rings. The van der Waals surface area contributed by atoms with Crippen LogP contribution in [-0.4, -0.2) is 37.6 Å². The third-order valence-corrected chi connectivity index (χ3v) is 3.18. The smallest absolute Gasteiger partial charge is 0.325 e. The maximum Gasteiger partial charge on any atom is 0.325 e. The summed E-state index contributed by atoms with van der Waals surface area (Å²) in [6.45, 7) is 5.63. The van der Waals surface area contributed by atoms with Gasteiger partial charge in [-0.05, 0) is 40.3 Å². The van der Waals surface area contributed by atoms with Crippen molar-refractivity contribution in [2.24, 2.45) is 0 Å². The molecule has 3 heteroatoms. The Morgan fingerprint density at radius 3 is 2.44 bits per heavy atom. The van der Waals surface area contributed by atoms with Crippen molar-refractivity contribution in [3.63, 3.8) is 0 Å². The molecule has 0 aromatic rings. The fraction of sp³-hybridized carbons (Fsp3) is 0.769. The Hall–Kier alpha value is -0.830. The molecule has 0 aliphatic rings. The molecule has 0 aliphatic carbocycles. The topological polar surface area (TPSA) is 29.5 Å². The summed E-state index contributed by atoms with van der Waals surface area (Å²) in [5.41, 5.74) is -0.497. The van der Waals surface area contributed by atoms with Crippen molar-refractivity contribution in [2.45, 2.75) is 44.6 Å². The van der Waals surface area contributed by atoms with Gasteiger partial charge >= 0.3 is 5.97 Å². The molecule has 0 aromatic carbocycles. The van der Waals surface area contributed by atoms with Crippen LogP contribution in [0.4, 0.5) is 0 Å². The second kappa shape index (κ2) is 7.44. The normalized spacial score (nSPS) is 14.6. The van der Waals surface area contributed by atoms with Crippen molar-refractivity contribution in [3.8, 4) is 0 Å². The highest BCUT2D eigenvalue weighted by molar-refractivity contribution is 5.80. The Bertz CT molecular complexity index is 226. The Kier molecular flexibility index (Phi) is 7.06. The number of hydrogen-bond acceptors (Lipinski definition) is 3. The molecule has 1 atom stereocenters. The van der Waals surface area contributed by atoms with Gasteiger partial charge in [0.25, 0.3) is 0 Å². The van der Waals surface area contributed by atoms with Gasteiger partial charge in [-0.15, -0.1) is 6.58 Å². The fourth-order valence-electron chi connectivity index (χ4n) is 1.66. The van der Waals surface area contributed by atoms with Crippen LogP contribution in [0.1, 0.15) is 39.0 Å². The molecule has 0 bridgehead atoms. The zero-order valence-corrected chi connectivity index (χ0v) is 11.1. The zero-order valence-electron chi connectivity index (χ0n) is 11.1. The quantitative estimate of drug-likeness (QED) is 0.363. The standard InChI is InChI=1S/C13H25NO2/c1-6-7-8-9-10-11-13(2,14(3)4)12(15)16-5/h6H,1,7-11H2,2-5H3. The van der Waals surface area contributed by atoms with Gasteiger partial charge in [0.05, 0.1) is 7.11 Å². The Morgan fingerprint density at radius 2 is 2.00 bits per heavy atom. The average Bonchev–Trinajstić information content (AvgIpc) is 2.27. The van der Waals surface area contributed by atoms with Gasteiger partial charge in [-0.2, -0.15) is 0 Å². The molecule has 16 heavy (non-hydrogen) atoms. The van der Waals surface area contributed by atoms with E-state index in [1.807, 2.05) is 32.0 Å². The first-order valence-corrected chi connectivity index (χ1v) is 5.85. The highest BCUT2D eigenvalue weighted by Crippen LogP contribution is 2.22. The zero-order chi connectivity index (χ0) is 12.6. The van der Waals surface area contributed by atoms with Crippen LogP contribution < -0.4 is 0 Å². The Labute approximate surface area is 99.5 Å². The molecular formula is C13H25NO2. The number of unbranched alkanes of at least 4 members (excludes halogenated alkanes) is 3. The number of nitrogens with zero attached hydrogens (tertiary/aromatic N) is 1. The average molecular weight is 227 g/mol. The molecule has 0 saturated carbocycles. The van der Waals surface area contributed by atoms with Crippen LogP contribution in [0, 0.1) is 0 Å². The van der Waals surface area contributed by atoms with Crippen LogP contribution in [0.5, 0.6) is 0 Å². The molecule has 0 spiro atoms. The molecule has 0 N–H and O–H groups in total. The van der Waals surface area contributed by atoms with E-state index in [9.17, 15) is 4.79 Å². The molecule has 0 aliphatic heterocycles. The first kappa shape index (κ1) is 15.2. The molecule has 0 radical (unpaired) electrons. The predicted molar refractivity (Wildman–Crippen MR) is 67.4 cm³/mol. The van der Waals surface area contributed by atoms with Gasteiger partial charge in [-0.3, -0.25) is 9.69 Å². The van der Waals surface area contributed by atoms with Crippen molar-refractivity contribution >= 4 is 5.97 Å². The second-order valence-corrected chi connectivity index (χ2v) is 4.55. The Balaban J connectivity index is 4.13. The van der Waals surface area contributed by atoms with E-state index in [-0.39, 0.29) is 5.97 Å². The number of ether oxygens (including phenoxy) is 1. The van der Waals surface area contributed by atoms with Crippen molar-refractivity contribution in [1.29, 1.82) is 0 Å². The van der Waals surface area contributed by atoms with Crippen molar-refractivity contribution < 1.29 is 9.53 Å². The lowest BCUT2D eigenvalue weighted by atomic mass is 9.93. The summed E-state index contributed by atoms with van der Waals surface area (Å²) in [5.74, 6) is -0.152. The van der Waals surface area contributed by atoms with E-state index < -0.39 is 5.54 Å². The number of methoxy groups -OCH3 is 1. The van der Waals surface area contributed by atoms with Gasteiger partial charge in [0.2, 0.25) is 0 Å². The molecule has 1 unspecified atom stereocenters. The first-order chi connectivity index (χ1) is 7.49. The number of allylic oxidation sites excluding steroid dienone is 1. The predicted octanol–water partition coefficient (Wildman–Crippen LogP) is 2.62.